The van der Waals surface area contributed by atoms with Gasteiger partial charge in [0.2, 0.25) is 5.89 Å². The molecule has 0 bridgehead atoms. The van der Waals surface area contributed by atoms with Crippen LogP contribution < -0.4 is 5.32 Å². The zero-order valence-corrected chi connectivity index (χ0v) is 13.0. The molecule has 2 heterocycles. The Labute approximate surface area is 137 Å². The number of nitrogens with zero attached hydrogens (tertiary/aromatic N) is 2. The molecule has 0 spiro atoms. The second-order valence-corrected chi connectivity index (χ2v) is 5.63. The van der Waals surface area contributed by atoms with Gasteiger partial charge >= 0.3 is 11.8 Å². The van der Waals surface area contributed by atoms with E-state index in [2.05, 4.69) is 15.5 Å². The van der Waals surface area contributed by atoms with Crippen LogP contribution in [-0.2, 0) is 11.2 Å². The first kappa shape index (κ1) is 15.9. The minimum absolute atomic E-state index is 0.0253. The fourth-order valence-electron chi connectivity index (χ4n) is 2.36. The van der Waals surface area contributed by atoms with E-state index in [1.807, 2.05) is 0 Å². The Morgan fingerprint density at radius 3 is 3.04 bits per heavy atom. The Hall–Kier alpha value is -1.99. The number of aromatic nitrogens is 2. The summed E-state index contributed by atoms with van der Waals surface area (Å²) in [6.45, 7) is 1.12. The largest absolute Gasteiger partial charge is 0.417 e. The van der Waals surface area contributed by atoms with Crippen molar-refractivity contribution in [2.24, 2.45) is 0 Å². The van der Waals surface area contributed by atoms with Gasteiger partial charge in [-0.1, -0.05) is 17.7 Å². The monoisotopic (exact) mass is 339 g/mol. The standard InChI is InChI=1S/C15H15ClFN3O3/c16-11-4-1-5-12(17)10(11)7-13-19-20-15(23-13)14(21)18-8-9-3-2-6-22-9/h1,4-5,9H,2-3,6-8H2,(H,18,21). The van der Waals surface area contributed by atoms with E-state index in [0.717, 1.165) is 12.8 Å². The van der Waals surface area contributed by atoms with Gasteiger partial charge < -0.3 is 14.5 Å². The number of carbonyl (C=O) groups is 1. The summed E-state index contributed by atoms with van der Waals surface area (Å²) in [6.07, 6.45) is 1.96. The van der Waals surface area contributed by atoms with Gasteiger partial charge in [0.05, 0.1) is 12.5 Å². The van der Waals surface area contributed by atoms with Gasteiger partial charge in [-0.05, 0) is 25.0 Å². The van der Waals surface area contributed by atoms with Crippen LogP contribution in [0.1, 0.15) is 35.0 Å². The van der Waals surface area contributed by atoms with E-state index in [0.29, 0.717) is 13.2 Å². The molecule has 2 aromatic rings. The number of amides is 1. The second kappa shape index (κ2) is 7.06. The quantitative estimate of drug-likeness (QED) is 0.904. The summed E-state index contributed by atoms with van der Waals surface area (Å²) in [4.78, 5) is 11.9. The lowest BCUT2D eigenvalue weighted by molar-refractivity contribution is 0.0828. The first-order valence-corrected chi connectivity index (χ1v) is 7.66. The number of hydrogen-bond donors (Lipinski definition) is 1. The number of ether oxygens (including phenoxy) is 1. The van der Waals surface area contributed by atoms with E-state index in [9.17, 15) is 9.18 Å². The van der Waals surface area contributed by atoms with Crippen molar-refractivity contribution in [3.63, 3.8) is 0 Å². The Bertz CT molecular complexity index is 681. The van der Waals surface area contributed by atoms with E-state index in [-0.39, 0.29) is 34.9 Å². The Balaban J connectivity index is 1.62. The first-order chi connectivity index (χ1) is 11.1. The predicted molar refractivity (Wildman–Crippen MR) is 79.8 cm³/mol. The zero-order valence-electron chi connectivity index (χ0n) is 12.2. The molecule has 1 N–H and O–H groups in total. The molecule has 1 atom stereocenters. The van der Waals surface area contributed by atoms with Crippen LogP contribution in [0.4, 0.5) is 4.39 Å². The average Bonchev–Trinajstić information content (AvgIpc) is 3.20. The van der Waals surface area contributed by atoms with Gasteiger partial charge in [-0.2, -0.15) is 0 Å². The van der Waals surface area contributed by atoms with Crippen molar-refractivity contribution in [1.82, 2.24) is 15.5 Å². The third kappa shape index (κ3) is 3.86. The Morgan fingerprint density at radius 2 is 2.30 bits per heavy atom. The predicted octanol–water partition coefficient (Wildman–Crippen LogP) is 2.36. The molecule has 6 nitrogen and oxygen atoms in total. The van der Waals surface area contributed by atoms with Gasteiger partial charge in [0.1, 0.15) is 5.82 Å². The molecule has 1 fully saturated rings. The number of nitrogens with one attached hydrogen (secondary N) is 1. The summed E-state index contributed by atoms with van der Waals surface area (Å²) in [5.74, 6) is -0.969. The fraction of sp³-hybridized carbons (Fsp3) is 0.400. The molecule has 0 aliphatic carbocycles. The maximum absolute atomic E-state index is 13.7. The van der Waals surface area contributed by atoms with Crippen LogP contribution >= 0.6 is 11.6 Å². The second-order valence-electron chi connectivity index (χ2n) is 5.22. The van der Waals surface area contributed by atoms with E-state index in [4.69, 9.17) is 20.8 Å². The molecular weight excluding hydrogens is 325 g/mol. The highest BCUT2D eigenvalue weighted by Crippen LogP contribution is 2.21. The molecule has 1 saturated heterocycles. The van der Waals surface area contributed by atoms with Crippen molar-refractivity contribution in [3.05, 3.63) is 46.4 Å². The van der Waals surface area contributed by atoms with Crippen molar-refractivity contribution in [2.45, 2.75) is 25.4 Å². The van der Waals surface area contributed by atoms with Crippen LogP contribution in [0.2, 0.25) is 5.02 Å². The molecule has 1 aromatic heterocycles. The topological polar surface area (TPSA) is 77.2 Å². The summed E-state index contributed by atoms with van der Waals surface area (Å²) in [5.41, 5.74) is 0.254. The van der Waals surface area contributed by atoms with Crippen LogP contribution in [0.25, 0.3) is 0 Å². The smallest absolute Gasteiger partial charge is 0.308 e. The van der Waals surface area contributed by atoms with Gasteiger partial charge in [0.15, 0.2) is 0 Å². The molecule has 23 heavy (non-hydrogen) atoms. The highest BCUT2D eigenvalue weighted by molar-refractivity contribution is 6.31. The minimum atomic E-state index is -0.473. The van der Waals surface area contributed by atoms with Gasteiger partial charge in [-0.25, -0.2) is 4.39 Å². The maximum atomic E-state index is 13.7. The molecule has 0 radical (unpaired) electrons. The lowest BCUT2D eigenvalue weighted by Gasteiger charge is -2.08. The third-order valence-corrected chi connectivity index (χ3v) is 3.92. The minimum Gasteiger partial charge on any atom is -0.417 e. The first-order valence-electron chi connectivity index (χ1n) is 7.28. The zero-order chi connectivity index (χ0) is 16.2. The summed E-state index contributed by atoms with van der Waals surface area (Å²) in [7, 11) is 0. The number of benzene rings is 1. The highest BCUT2D eigenvalue weighted by atomic mass is 35.5. The highest BCUT2D eigenvalue weighted by Gasteiger charge is 2.20. The van der Waals surface area contributed by atoms with E-state index >= 15 is 0 Å². The van der Waals surface area contributed by atoms with E-state index in [1.54, 1.807) is 6.07 Å². The fourth-order valence-corrected chi connectivity index (χ4v) is 2.59. The normalized spacial score (nSPS) is 17.4. The Kier molecular flexibility index (Phi) is 4.88. The molecule has 1 amide bonds. The van der Waals surface area contributed by atoms with E-state index < -0.39 is 11.7 Å². The molecule has 1 aromatic carbocycles. The number of halogens is 2. The third-order valence-electron chi connectivity index (χ3n) is 3.57. The van der Waals surface area contributed by atoms with E-state index in [1.165, 1.54) is 12.1 Å². The van der Waals surface area contributed by atoms with Gasteiger partial charge in [-0.3, -0.25) is 4.79 Å². The average molecular weight is 340 g/mol. The lowest BCUT2D eigenvalue weighted by Crippen LogP contribution is -2.31. The molecule has 1 unspecified atom stereocenters. The number of carbonyl (C=O) groups excluding carboxylic acids is 1. The molecule has 1 aliphatic heterocycles. The van der Waals surface area contributed by atoms with Crippen molar-refractivity contribution >= 4 is 17.5 Å². The lowest BCUT2D eigenvalue weighted by atomic mass is 10.1. The van der Waals surface area contributed by atoms with Crippen LogP contribution in [0.15, 0.2) is 22.6 Å². The van der Waals surface area contributed by atoms with Gasteiger partial charge in [-0.15, -0.1) is 10.2 Å². The van der Waals surface area contributed by atoms with Gasteiger partial charge in [0.25, 0.3) is 0 Å². The summed E-state index contributed by atoms with van der Waals surface area (Å²) >= 11 is 5.95. The SMILES string of the molecule is O=C(NCC1CCCO1)c1nnc(Cc2c(F)cccc2Cl)o1. The van der Waals surface area contributed by atoms with Crippen LogP contribution in [0, 0.1) is 5.82 Å². The van der Waals surface area contributed by atoms with Crippen LogP contribution in [0.5, 0.6) is 0 Å². The van der Waals surface area contributed by atoms with Gasteiger partial charge in [0, 0.05) is 23.7 Å². The molecule has 8 heteroatoms. The molecule has 3 rings (SSSR count). The van der Waals surface area contributed by atoms with Crippen molar-refractivity contribution in [3.8, 4) is 0 Å². The number of rotatable bonds is 5. The Morgan fingerprint density at radius 1 is 1.43 bits per heavy atom. The molecule has 0 saturated carbocycles. The summed E-state index contributed by atoms with van der Waals surface area (Å²) in [6, 6.07) is 4.39. The maximum Gasteiger partial charge on any atom is 0.308 e. The van der Waals surface area contributed by atoms with Crippen LogP contribution in [0.3, 0.4) is 0 Å². The molecular formula is C15H15ClFN3O3. The summed E-state index contributed by atoms with van der Waals surface area (Å²) in [5, 5.41) is 10.4. The van der Waals surface area contributed by atoms with Crippen molar-refractivity contribution in [1.29, 1.82) is 0 Å². The van der Waals surface area contributed by atoms with Crippen molar-refractivity contribution in [2.75, 3.05) is 13.2 Å². The molecule has 122 valence electrons. The number of hydrogen-bond acceptors (Lipinski definition) is 5. The summed E-state index contributed by atoms with van der Waals surface area (Å²) < 4.78 is 24.4. The van der Waals surface area contributed by atoms with Crippen LogP contribution in [-0.4, -0.2) is 35.4 Å². The molecule has 1 aliphatic rings. The van der Waals surface area contributed by atoms with Crippen molar-refractivity contribution < 1.29 is 18.3 Å².